The first-order chi connectivity index (χ1) is 14.8. The lowest BCUT2D eigenvalue weighted by molar-refractivity contribution is -0.179. The normalized spacial score (nSPS) is 16.9. The fourth-order valence-corrected chi connectivity index (χ4v) is 3.25. The number of alkyl halides is 2. The summed E-state index contributed by atoms with van der Waals surface area (Å²) in [6.07, 6.45) is -2.14. The van der Waals surface area contributed by atoms with Gasteiger partial charge >= 0.3 is 19.1 Å². The van der Waals surface area contributed by atoms with E-state index in [1.165, 1.54) is 6.07 Å². The molecular formula is C22H29BF2O7. The summed E-state index contributed by atoms with van der Waals surface area (Å²) in [6, 6.07) is 4.68. The Balaban J connectivity index is 2.16. The number of ether oxygens (including phenoxy) is 2. The highest BCUT2D eigenvalue weighted by Crippen LogP contribution is 2.37. The lowest BCUT2D eigenvalue weighted by Gasteiger charge is -2.29. The van der Waals surface area contributed by atoms with Crippen LogP contribution in [0, 0.1) is 11.8 Å². The molecule has 32 heavy (non-hydrogen) atoms. The monoisotopic (exact) mass is 454 g/mol. The number of ketones is 1. The van der Waals surface area contributed by atoms with E-state index in [4.69, 9.17) is 14.1 Å². The van der Waals surface area contributed by atoms with Gasteiger partial charge in [-0.15, -0.1) is 0 Å². The van der Waals surface area contributed by atoms with Gasteiger partial charge in [-0.3, -0.25) is 9.59 Å². The van der Waals surface area contributed by atoms with Crippen molar-refractivity contribution in [3.05, 3.63) is 29.3 Å². The topological polar surface area (TPSA) is 99.1 Å². The van der Waals surface area contributed by atoms with Crippen LogP contribution in [0.5, 0.6) is 5.75 Å². The zero-order valence-electron chi connectivity index (χ0n) is 18.9. The second kappa shape index (κ2) is 10.4. The molecule has 176 valence electrons. The predicted molar refractivity (Wildman–Crippen MR) is 112 cm³/mol. The molecule has 0 radical (unpaired) electrons. The molecule has 1 aromatic rings. The molecule has 1 N–H and O–H groups in total. The molecule has 10 heteroatoms. The second-order valence-corrected chi connectivity index (χ2v) is 8.87. The van der Waals surface area contributed by atoms with Crippen molar-refractivity contribution in [1.82, 2.24) is 0 Å². The Morgan fingerprint density at radius 3 is 2.44 bits per heavy atom. The standard InChI is InChI=1S/C22H29BF2O7/c1-12(2)19(27)30-21(13(3)4)31-20(28)17-8-6-7-14-9-15(23(29)32-18(14)17)10-16(26)11-22(5,24)25/h6-8,12-13,15,21,29H,9-11H2,1-5H3/t15-,21?/m1/s1. The summed E-state index contributed by atoms with van der Waals surface area (Å²) in [5.74, 6) is -6.46. The van der Waals surface area contributed by atoms with E-state index in [2.05, 4.69) is 0 Å². The van der Waals surface area contributed by atoms with Crippen molar-refractivity contribution < 1.29 is 42.3 Å². The van der Waals surface area contributed by atoms with Crippen molar-refractivity contribution >= 4 is 24.8 Å². The zero-order valence-corrected chi connectivity index (χ0v) is 18.9. The molecule has 2 atom stereocenters. The lowest BCUT2D eigenvalue weighted by Crippen LogP contribution is -2.37. The number of benzene rings is 1. The fourth-order valence-electron chi connectivity index (χ4n) is 3.25. The molecule has 1 aliphatic heterocycles. The van der Waals surface area contributed by atoms with E-state index in [1.807, 2.05) is 0 Å². The van der Waals surface area contributed by atoms with Gasteiger partial charge in [0.1, 0.15) is 17.1 Å². The van der Waals surface area contributed by atoms with Crippen LogP contribution in [0.3, 0.4) is 0 Å². The van der Waals surface area contributed by atoms with Gasteiger partial charge in [-0.05, 0) is 25.0 Å². The molecule has 1 unspecified atom stereocenters. The minimum absolute atomic E-state index is 0.0256. The maximum atomic E-state index is 13.1. The summed E-state index contributed by atoms with van der Waals surface area (Å²) in [4.78, 5) is 36.6. The maximum Gasteiger partial charge on any atom is 0.526 e. The van der Waals surface area contributed by atoms with Crippen molar-refractivity contribution in [1.29, 1.82) is 0 Å². The van der Waals surface area contributed by atoms with Gasteiger partial charge in [-0.25, -0.2) is 13.6 Å². The number of para-hydroxylation sites is 1. The summed E-state index contributed by atoms with van der Waals surface area (Å²) in [5, 5.41) is 10.3. The molecular weight excluding hydrogens is 425 g/mol. The van der Waals surface area contributed by atoms with Gasteiger partial charge in [0.25, 0.3) is 5.92 Å². The van der Waals surface area contributed by atoms with Gasteiger partial charge in [-0.2, -0.15) is 0 Å². The molecule has 0 spiro atoms. The molecule has 0 amide bonds. The Labute approximate surface area is 186 Å². The average Bonchev–Trinajstić information content (AvgIpc) is 2.65. The molecule has 0 aliphatic carbocycles. The quantitative estimate of drug-likeness (QED) is 0.344. The number of halogens is 2. The smallest absolute Gasteiger partial charge is 0.526 e. The van der Waals surface area contributed by atoms with Crippen molar-refractivity contribution in [2.24, 2.45) is 11.8 Å². The third-order valence-electron chi connectivity index (χ3n) is 4.91. The molecule has 0 aromatic heterocycles. The molecule has 0 saturated heterocycles. The van der Waals surface area contributed by atoms with Gasteiger partial charge in [-0.1, -0.05) is 39.8 Å². The Kier molecular flexibility index (Phi) is 8.39. The predicted octanol–water partition coefficient (Wildman–Crippen LogP) is 3.81. The van der Waals surface area contributed by atoms with Crippen LogP contribution in [0.2, 0.25) is 5.82 Å². The van der Waals surface area contributed by atoms with Crippen molar-refractivity contribution in [3.8, 4) is 5.75 Å². The van der Waals surface area contributed by atoms with Gasteiger partial charge < -0.3 is 19.2 Å². The molecule has 0 saturated carbocycles. The van der Waals surface area contributed by atoms with E-state index in [9.17, 15) is 28.2 Å². The molecule has 0 bridgehead atoms. The third kappa shape index (κ3) is 7.01. The fraction of sp³-hybridized carbons (Fsp3) is 0.591. The zero-order chi connectivity index (χ0) is 24.2. The van der Waals surface area contributed by atoms with Crippen molar-refractivity contribution in [3.63, 3.8) is 0 Å². The number of Topliss-reactive ketones (excluding diaryl/α,β-unsaturated/α-hetero) is 1. The van der Waals surface area contributed by atoms with Crippen LogP contribution in [0.1, 0.15) is 63.4 Å². The largest absolute Gasteiger partial charge is 0.535 e. The number of esters is 2. The summed E-state index contributed by atoms with van der Waals surface area (Å²) in [5.41, 5.74) is 0.559. The van der Waals surface area contributed by atoms with Gasteiger partial charge in [0.2, 0.25) is 6.29 Å². The molecule has 1 aliphatic rings. The van der Waals surface area contributed by atoms with Crippen LogP contribution in [0.15, 0.2) is 18.2 Å². The number of carbonyl (C=O) groups excluding carboxylic acids is 3. The van der Waals surface area contributed by atoms with E-state index in [0.29, 0.717) is 12.5 Å². The highest BCUT2D eigenvalue weighted by atomic mass is 19.3. The van der Waals surface area contributed by atoms with Gasteiger partial charge in [0.15, 0.2) is 0 Å². The van der Waals surface area contributed by atoms with Gasteiger partial charge in [0, 0.05) is 18.2 Å². The van der Waals surface area contributed by atoms with Crippen LogP contribution >= 0.6 is 0 Å². The van der Waals surface area contributed by atoms with E-state index < -0.39 is 55.2 Å². The second-order valence-electron chi connectivity index (χ2n) is 8.87. The molecule has 2 rings (SSSR count). The SMILES string of the molecule is CC(C)C(=O)OC(OC(=O)c1cccc2c1OB(O)[C@@H](CC(=O)CC(C)(F)F)C2)C(C)C. The maximum absolute atomic E-state index is 13.1. The van der Waals surface area contributed by atoms with Crippen LogP contribution in [0.25, 0.3) is 0 Å². The minimum Gasteiger partial charge on any atom is -0.535 e. The van der Waals surface area contributed by atoms with Crippen LogP contribution in [0.4, 0.5) is 8.78 Å². The summed E-state index contributed by atoms with van der Waals surface area (Å²) in [6.45, 7) is 7.44. The van der Waals surface area contributed by atoms with E-state index in [0.717, 1.165) is 0 Å². The third-order valence-corrected chi connectivity index (χ3v) is 4.91. The Morgan fingerprint density at radius 1 is 1.22 bits per heavy atom. The Hall–Kier alpha value is -2.49. The molecule has 0 fully saturated rings. The van der Waals surface area contributed by atoms with E-state index in [1.54, 1.807) is 39.8 Å². The lowest BCUT2D eigenvalue weighted by atomic mass is 9.64. The average molecular weight is 454 g/mol. The summed E-state index contributed by atoms with van der Waals surface area (Å²) >= 11 is 0. The van der Waals surface area contributed by atoms with E-state index in [-0.39, 0.29) is 30.1 Å². The first-order valence-corrected chi connectivity index (χ1v) is 10.6. The molecule has 1 aromatic carbocycles. The van der Waals surface area contributed by atoms with E-state index >= 15 is 0 Å². The number of hydrogen-bond donors (Lipinski definition) is 1. The van der Waals surface area contributed by atoms with Crippen molar-refractivity contribution in [2.45, 2.75) is 71.9 Å². The minimum atomic E-state index is -3.13. The number of rotatable bonds is 9. The van der Waals surface area contributed by atoms with Crippen LogP contribution in [-0.2, 0) is 25.5 Å². The Morgan fingerprint density at radius 2 is 1.88 bits per heavy atom. The number of hydrogen-bond acceptors (Lipinski definition) is 7. The van der Waals surface area contributed by atoms with Crippen LogP contribution < -0.4 is 4.65 Å². The van der Waals surface area contributed by atoms with Gasteiger partial charge in [0.05, 0.1) is 12.3 Å². The first-order valence-electron chi connectivity index (χ1n) is 10.6. The number of fused-ring (bicyclic) bond motifs is 1. The highest BCUT2D eigenvalue weighted by Gasteiger charge is 2.39. The Bertz CT molecular complexity index is 851. The number of carbonyl (C=O) groups is 3. The highest BCUT2D eigenvalue weighted by molar-refractivity contribution is 6.47. The molecule has 7 nitrogen and oxygen atoms in total. The summed E-state index contributed by atoms with van der Waals surface area (Å²) < 4.78 is 42.3. The summed E-state index contributed by atoms with van der Waals surface area (Å²) in [7, 11) is -1.45. The molecule has 1 heterocycles. The van der Waals surface area contributed by atoms with Crippen LogP contribution in [-0.4, -0.2) is 42.1 Å². The first kappa shape index (κ1) is 25.8. The van der Waals surface area contributed by atoms with Crippen molar-refractivity contribution in [2.75, 3.05) is 0 Å².